The van der Waals surface area contributed by atoms with Gasteiger partial charge in [-0.15, -0.1) is 0 Å². The number of aromatic amines is 2. The Bertz CT molecular complexity index is 1750. The minimum absolute atomic E-state index is 0.00199. The highest BCUT2D eigenvalue weighted by Gasteiger charge is 2.24. The lowest BCUT2D eigenvalue weighted by molar-refractivity contribution is 0.481. The second-order valence-electron chi connectivity index (χ2n) is 7.64. The molecule has 0 atom stereocenters. The van der Waals surface area contributed by atoms with E-state index in [-0.39, 0.29) is 10.7 Å². The van der Waals surface area contributed by atoms with E-state index in [1.807, 2.05) is 54.6 Å². The first-order valence-electron chi connectivity index (χ1n) is 10.1. The summed E-state index contributed by atoms with van der Waals surface area (Å²) < 4.78 is 39.2. The summed E-state index contributed by atoms with van der Waals surface area (Å²) in [5.41, 5.74) is 6.29. The van der Waals surface area contributed by atoms with Crippen molar-refractivity contribution >= 4 is 56.5 Å². The fraction of sp³-hybridized carbons (Fsp3) is 0. The zero-order valence-corrected chi connectivity index (χ0v) is 17.8. The van der Waals surface area contributed by atoms with Crippen LogP contribution in [-0.2, 0) is 10.1 Å². The lowest BCUT2D eigenvalue weighted by Gasteiger charge is -2.02. The molecule has 0 saturated carbocycles. The highest BCUT2D eigenvalue weighted by molar-refractivity contribution is 7.86. The Labute approximate surface area is 187 Å². The standard InChI is InChI=1S/C24H16N4O4S/c29-33(30,31)22-9-10-32-24(22)23-20-7-5-18(27-20)12-16-3-1-14(25-16)11-15-2-4-17(26-15)13-19-6-8-21(23)28-19/h1-13,25,28H,(H,29,30,31). The number of nitrogens with zero attached hydrogens (tertiary/aromatic N) is 2. The van der Waals surface area contributed by atoms with Gasteiger partial charge in [0.2, 0.25) is 0 Å². The van der Waals surface area contributed by atoms with Gasteiger partial charge in [0.15, 0.2) is 5.76 Å². The van der Waals surface area contributed by atoms with Crippen molar-refractivity contribution in [2.45, 2.75) is 4.90 Å². The molecule has 6 rings (SSSR count). The van der Waals surface area contributed by atoms with Crippen molar-refractivity contribution in [3.8, 4) is 11.3 Å². The molecule has 0 saturated heterocycles. The van der Waals surface area contributed by atoms with E-state index in [1.54, 1.807) is 12.1 Å². The molecule has 0 aromatic carbocycles. The van der Waals surface area contributed by atoms with Gasteiger partial charge < -0.3 is 14.4 Å². The second kappa shape index (κ2) is 7.16. The van der Waals surface area contributed by atoms with Crippen LogP contribution < -0.4 is 0 Å². The van der Waals surface area contributed by atoms with Crippen LogP contribution in [0.3, 0.4) is 0 Å². The van der Waals surface area contributed by atoms with Crippen molar-refractivity contribution in [2.24, 2.45) is 0 Å². The number of nitrogens with one attached hydrogen (secondary N) is 2. The second-order valence-corrected chi connectivity index (χ2v) is 9.03. The normalized spacial score (nSPS) is 13.0. The average molecular weight is 456 g/mol. The summed E-state index contributed by atoms with van der Waals surface area (Å²) in [4.78, 5) is 15.6. The van der Waals surface area contributed by atoms with Crippen molar-refractivity contribution in [3.05, 3.63) is 77.6 Å². The molecule has 0 amide bonds. The third-order valence-corrected chi connectivity index (χ3v) is 6.23. The smallest absolute Gasteiger partial charge is 0.298 e. The first kappa shape index (κ1) is 19.5. The predicted molar refractivity (Wildman–Crippen MR) is 126 cm³/mol. The summed E-state index contributed by atoms with van der Waals surface area (Å²) in [5.74, 6) is 0.00199. The van der Waals surface area contributed by atoms with Crippen LogP contribution in [0.25, 0.3) is 57.7 Å². The maximum Gasteiger partial charge on any atom is 0.298 e. The molecule has 8 bridgehead atoms. The summed E-state index contributed by atoms with van der Waals surface area (Å²) in [5, 5.41) is 0. The summed E-state index contributed by atoms with van der Waals surface area (Å²) in [7, 11) is -4.51. The molecule has 2 aliphatic rings. The monoisotopic (exact) mass is 456 g/mol. The molecule has 33 heavy (non-hydrogen) atoms. The number of hydrogen-bond donors (Lipinski definition) is 3. The predicted octanol–water partition coefficient (Wildman–Crippen LogP) is 5.16. The Balaban J connectivity index is 1.74. The Morgan fingerprint density at radius 2 is 1.36 bits per heavy atom. The van der Waals surface area contributed by atoms with E-state index in [4.69, 9.17) is 4.42 Å². The maximum atomic E-state index is 12.0. The summed E-state index contributed by atoms with van der Waals surface area (Å²) in [6.45, 7) is 0. The van der Waals surface area contributed by atoms with E-state index >= 15 is 0 Å². The minimum atomic E-state index is -4.51. The molecule has 6 heterocycles. The Morgan fingerprint density at radius 3 is 2.06 bits per heavy atom. The third kappa shape index (κ3) is 3.59. The average Bonchev–Trinajstić information content (AvgIpc) is 3.56. The van der Waals surface area contributed by atoms with E-state index in [0.717, 1.165) is 27.9 Å². The van der Waals surface area contributed by atoms with Gasteiger partial charge in [0, 0.05) is 16.6 Å². The molecule has 0 unspecified atom stereocenters. The molecule has 0 aliphatic carbocycles. The number of furan rings is 1. The van der Waals surface area contributed by atoms with Gasteiger partial charge in [-0.3, -0.25) is 4.55 Å². The molecular formula is C24H16N4O4S. The number of fused-ring (bicyclic) bond motifs is 8. The van der Waals surface area contributed by atoms with Gasteiger partial charge in [-0.2, -0.15) is 8.42 Å². The van der Waals surface area contributed by atoms with Gasteiger partial charge in [-0.25, -0.2) is 9.97 Å². The third-order valence-electron chi connectivity index (χ3n) is 5.35. The van der Waals surface area contributed by atoms with Crippen LogP contribution >= 0.6 is 0 Å². The van der Waals surface area contributed by atoms with Crippen LogP contribution in [0.2, 0.25) is 0 Å². The van der Waals surface area contributed by atoms with Gasteiger partial charge in [0.25, 0.3) is 10.1 Å². The summed E-state index contributed by atoms with van der Waals surface area (Å²) in [6, 6.07) is 14.5. The van der Waals surface area contributed by atoms with Crippen molar-refractivity contribution in [2.75, 3.05) is 0 Å². The molecule has 4 aromatic heterocycles. The van der Waals surface area contributed by atoms with E-state index < -0.39 is 10.1 Å². The molecule has 0 fully saturated rings. The number of H-pyrrole nitrogens is 2. The Morgan fingerprint density at radius 1 is 0.758 bits per heavy atom. The van der Waals surface area contributed by atoms with Crippen LogP contribution in [0.15, 0.2) is 64.1 Å². The van der Waals surface area contributed by atoms with Crippen molar-refractivity contribution in [1.82, 2.24) is 19.9 Å². The van der Waals surface area contributed by atoms with E-state index in [2.05, 4.69) is 19.9 Å². The molecule has 0 spiro atoms. The number of hydrogen-bond acceptors (Lipinski definition) is 5. The van der Waals surface area contributed by atoms with Crippen LogP contribution in [0.1, 0.15) is 22.8 Å². The lowest BCUT2D eigenvalue weighted by atomic mass is 10.1. The molecule has 8 nitrogen and oxygen atoms in total. The molecule has 2 aliphatic heterocycles. The summed E-state index contributed by atoms with van der Waals surface area (Å²) >= 11 is 0. The van der Waals surface area contributed by atoms with Gasteiger partial charge >= 0.3 is 0 Å². The molecule has 9 heteroatoms. The SMILES string of the molecule is O=S(=O)(O)c1ccoc1-c1c2nc(cc3ccc(cc4nc(cc5ccc1[nH]5)C=C4)[nH]3)C=C2. The Hall–Kier alpha value is -4.21. The topological polar surface area (TPSA) is 125 Å². The first-order chi connectivity index (χ1) is 15.9. The highest BCUT2D eigenvalue weighted by atomic mass is 32.2. The number of rotatable bonds is 2. The highest BCUT2D eigenvalue weighted by Crippen LogP contribution is 2.35. The van der Waals surface area contributed by atoms with Crippen molar-refractivity contribution in [1.29, 1.82) is 0 Å². The zero-order valence-electron chi connectivity index (χ0n) is 17.0. The van der Waals surface area contributed by atoms with Crippen LogP contribution in [0.5, 0.6) is 0 Å². The maximum absolute atomic E-state index is 12.0. The van der Waals surface area contributed by atoms with Crippen molar-refractivity contribution < 1.29 is 17.4 Å². The summed E-state index contributed by atoms with van der Waals surface area (Å²) in [6.07, 6.45) is 8.68. The quantitative estimate of drug-likeness (QED) is 0.309. The van der Waals surface area contributed by atoms with Crippen LogP contribution in [0.4, 0.5) is 0 Å². The largest absolute Gasteiger partial charge is 0.463 e. The molecule has 0 radical (unpaired) electrons. The van der Waals surface area contributed by atoms with Gasteiger partial charge in [0.1, 0.15) is 4.90 Å². The van der Waals surface area contributed by atoms with Gasteiger partial charge in [0.05, 0.1) is 40.1 Å². The van der Waals surface area contributed by atoms with Gasteiger partial charge in [-0.05, 0) is 72.8 Å². The van der Waals surface area contributed by atoms with Gasteiger partial charge in [-0.1, -0.05) is 0 Å². The van der Waals surface area contributed by atoms with Crippen LogP contribution in [-0.4, -0.2) is 32.9 Å². The van der Waals surface area contributed by atoms with E-state index in [9.17, 15) is 13.0 Å². The van der Waals surface area contributed by atoms with Crippen LogP contribution in [0, 0.1) is 0 Å². The first-order valence-corrected chi connectivity index (χ1v) is 11.5. The fourth-order valence-electron chi connectivity index (χ4n) is 3.93. The molecule has 162 valence electrons. The molecular weight excluding hydrogens is 440 g/mol. The lowest BCUT2D eigenvalue weighted by Crippen LogP contribution is -1.98. The number of aromatic nitrogens is 4. The van der Waals surface area contributed by atoms with Crippen molar-refractivity contribution in [3.63, 3.8) is 0 Å². The Kier molecular flexibility index (Phi) is 4.22. The molecule has 4 aromatic rings. The van der Waals surface area contributed by atoms with E-state index in [1.165, 1.54) is 12.3 Å². The van der Waals surface area contributed by atoms with E-state index in [0.29, 0.717) is 22.5 Å². The molecule has 3 N–H and O–H groups in total. The fourth-order valence-corrected chi connectivity index (χ4v) is 4.54. The zero-order chi connectivity index (χ0) is 22.6. The minimum Gasteiger partial charge on any atom is -0.463 e.